The molecule has 0 saturated carbocycles. The van der Waals surface area contributed by atoms with Gasteiger partial charge in [0.05, 0.1) is 11.0 Å². The third-order valence-corrected chi connectivity index (χ3v) is 2.07. The van der Waals surface area contributed by atoms with Crippen molar-refractivity contribution in [1.82, 2.24) is 9.55 Å². The molecule has 3 nitrogen and oxygen atoms in total. The first-order valence-electron chi connectivity index (χ1n) is 3.87. The first-order valence-corrected chi connectivity index (χ1v) is 3.87. The fourth-order valence-corrected chi connectivity index (χ4v) is 1.33. The van der Waals surface area contributed by atoms with Gasteiger partial charge in [-0.2, -0.15) is 0 Å². The third kappa shape index (κ3) is 0.863. The van der Waals surface area contributed by atoms with Gasteiger partial charge in [-0.05, 0) is 24.6 Å². The van der Waals surface area contributed by atoms with E-state index in [0.717, 1.165) is 11.0 Å². The van der Waals surface area contributed by atoms with Crippen molar-refractivity contribution in [2.75, 3.05) is 5.73 Å². The second-order valence-corrected chi connectivity index (χ2v) is 3.02. The standard InChI is InChI=1S/C9H11N3/c1-6-3-4-8-7(5-6)11-9(10)12(8)2/h3-5H,1-2H3,(H2,10,11). The predicted octanol–water partition coefficient (Wildman–Crippen LogP) is 1.46. The molecule has 0 saturated heterocycles. The molecule has 0 atom stereocenters. The fraction of sp³-hybridized carbons (Fsp3) is 0.222. The molecule has 12 heavy (non-hydrogen) atoms. The van der Waals surface area contributed by atoms with Gasteiger partial charge in [0, 0.05) is 7.05 Å². The highest BCUT2D eigenvalue weighted by molar-refractivity contribution is 5.78. The maximum absolute atomic E-state index is 5.65. The van der Waals surface area contributed by atoms with Crippen LogP contribution in [0.3, 0.4) is 0 Å². The van der Waals surface area contributed by atoms with Gasteiger partial charge in [0.15, 0.2) is 0 Å². The van der Waals surface area contributed by atoms with Crippen LogP contribution in [-0.4, -0.2) is 9.55 Å². The Morgan fingerprint density at radius 1 is 1.42 bits per heavy atom. The first kappa shape index (κ1) is 7.16. The minimum atomic E-state index is 0.565. The van der Waals surface area contributed by atoms with Gasteiger partial charge in [-0.25, -0.2) is 4.98 Å². The van der Waals surface area contributed by atoms with Crippen LogP contribution in [0.2, 0.25) is 0 Å². The number of fused-ring (bicyclic) bond motifs is 1. The predicted molar refractivity (Wildman–Crippen MR) is 49.9 cm³/mol. The minimum absolute atomic E-state index is 0.565. The fourth-order valence-electron chi connectivity index (χ4n) is 1.33. The Balaban J connectivity index is 2.87. The Bertz CT molecular complexity index is 429. The molecule has 1 aromatic carbocycles. The lowest BCUT2D eigenvalue weighted by Crippen LogP contribution is -1.95. The van der Waals surface area contributed by atoms with Crippen LogP contribution in [0, 0.1) is 6.92 Å². The number of benzene rings is 1. The zero-order valence-electron chi connectivity index (χ0n) is 7.20. The Morgan fingerprint density at radius 3 is 2.92 bits per heavy atom. The van der Waals surface area contributed by atoms with E-state index in [-0.39, 0.29) is 0 Å². The van der Waals surface area contributed by atoms with Gasteiger partial charge in [-0.3, -0.25) is 0 Å². The lowest BCUT2D eigenvalue weighted by Gasteiger charge is -1.95. The normalized spacial score (nSPS) is 10.8. The average molecular weight is 161 g/mol. The smallest absolute Gasteiger partial charge is 0.200 e. The Labute approximate surface area is 70.8 Å². The van der Waals surface area contributed by atoms with Crippen molar-refractivity contribution in [2.24, 2.45) is 7.05 Å². The molecule has 0 aliphatic heterocycles. The molecule has 0 amide bonds. The molecule has 0 fully saturated rings. The van der Waals surface area contributed by atoms with E-state index in [1.54, 1.807) is 0 Å². The van der Waals surface area contributed by atoms with E-state index in [4.69, 9.17) is 5.73 Å². The number of rotatable bonds is 0. The number of aromatic nitrogens is 2. The van der Waals surface area contributed by atoms with Crippen molar-refractivity contribution in [1.29, 1.82) is 0 Å². The second kappa shape index (κ2) is 2.24. The summed E-state index contributed by atoms with van der Waals surface area (Å²) in [5.41, 5.74) is 8.91. The quantitative estimate of drug-likeness (QED) is 0.635. The number of imidazole rings is 1. The molecule has 0 bridgehead atoms. The zero-order chi connectivity index (χ0) is 8.72. The van der Waals surface area contributed by atoms with Gasteiger partial charge in [-0.1, -0.05) is 6.07 Å². The van der Waals surface area contributed by atoms with Crippen LogP contribution < -0.4 is 5.73 Å². The highest BCUT2D eigenvalue weighted by Crippen LogP contribution is 2.16. The molecule has 62 valence electrons. The lowest BCUT2D eigenvalue weighted by atomic mass is 10.2. The SMILES string of the molecule is Cc1ccc2c(c1)nc(N)n2C. The van der Waals surface area contributed by atoms with Crippen molar-refractivity contribution in [3.05, 3.63) is 23.8 Å². The Kier molecular flexibility index (Phi) is 1.33. The van der Waals surface area contributed by atoms with Crippen LogP contribution in [0.25, 0.3) is 11.0 Å². The number of nitrogen functional groups attached to an aromatic ring is 1. The van der Waals surface area contributed by atoms with Crippen LogP contribution in [0.15, 0.2) is 18.2 Å². The largest absolute Gasteiger partial charge is 0.369 e. The minimum Gasteiger partial charge on any atom is -0.369 e. The first-order chi connectivity index (χ1) is 5.68. The number of nitrogens with two attached hydrogens (primary N) is 1. The maximum Gasteiger partial charge on any atom is 0.200 e. The van der Waals surface area contributed by atoms with Gasteiger partial charge < -0.3 is 10.3 Å². The summed E-state index contributed by atoms with van der Waals surface area (Å²) in [6, 6.07) is 6.13. The van der Waals surface area contributed by atoms with Crippen LogP contribution in [0.1, 0.15) is 5.56 Å². The average Bonchev–Trinajstić information content (AvgIpc) is 2.28. The summed E-state index contributed by atoms with van der Waals surface area (Å²) < 4.78 is 1.88. The van der Waals surface area contributed by atoms with E-state index in [9.17, 15) is 0 Å². The van der Waals surface area contributed by atoms with Gasteiger partial charge in [0.2, 0.25) is 5.95 Å². The highest BCUT2D eigenvalue weighted by atomic mass is 15.1. The van der Waals surface area contributed by atoms with Crippen LogP contribution in [-0.2, 0) is 7.05 Å². The van der Waals surface area contributed by atoms with Gasteiger partial charge in [0.25, 0.3) is 0 Å². The second-order valence-electron chi connectivity index (χ2n) is 3.02. The van der Waals surface area contributed by atoms with E-state index >= 15 is 0 Å². The molecule has 0 aliphatic rings. The maximum atomic E-state index is 5.65. The molecule has 0 spiro atoms. The molecule has 2 aromatic rings. The molecule has 1 heterocycles. The third-order valence-electron chi connectivity index (χ3n) is 2.07. The summed E-state index contributed by atoms with van der Waals surface area (Å²) in [5, 5.41) is 0. The Morgan fingerprint density at radius 2 is 2.17 bits per heavy atom. The van der Waals surface area contributed by atoms with E-state index in [1.165, 1.54) is 5.56 Å². The number of nitrogens with zero attached hydrogens (tertiary/aromatic N) is 2. The zero-order valence-corrected chi connectivity index (χ0v) is 7.20. The van der Waals surface area contributed by atoms with Crippen molar-refractivity contribution in [3.8, 4) is 0 Å². The number of anilines is 1. The van der Waals surface area contributed by atoms with Crippen LogP contribution in [0.4, 0.5) is 5.95 Å². The molecule has 2 N–H and O–H groups in total. The van der Waals surface area contributed by atoms with Crippen molar-refractivity contribution in [3.63, 3.8) is 0 Å². The summed E-state index contributed by atoms with van der Waals surface area (Å²) in [6.45, 7) is 2.05. The summed E-state index contributed by atoms with van der Waals surface area (Å²) in [6.07, 6.45) is 0. The summed E-state index contributed by atoms with van der Waals surface area (Å²) in [5.74, 6) is 0.565. The van der Waals surface area contributed by atoms with E-state index in [1.807, 2.05) is 30.7 Å². The summed E-state index contributed by atoms with van der Waals surface area (Å²) in [4.78, 5) is 4.21. The highest BCUT2D eigenvalue weighted by Gasteiger charge is 2.02. The molecule has 1 aromatic heterocycles. The van der Waals surface area contributed by atoms with Crippen molar-refractivity contribution >= 4 is 17.0 Å². The van der Waals surface area contributed by atoms with Gasteiger partial charge >= 0.3 is 0 Å². The van der Waals surface area contributed by atoms with Crippen molar-refractivity contribution < 1.29 is 0 Å². The number of aryl methyl sites for hydroxylation is 2. The van der Waals surface area contributed by atoms with E-state index in [0.29, 0.717) is 5.95 Å². The molecular formula is C9H11N3. The topological polar surface area (TPSA) is 43.8 Å². The van der Waals surface area contributed by atoms with Crippen LogP contribution >= 0.6 is 0 Å². The summed E-state index contributed by atoms with van der Waals surface area (Å²) in [7, 11) is 1.92. The molecule has 0 unspecified atom stereocenters. The Hall–Kier alpha value is -1.51. The monoisotopic (exact) mass is 161 g/mol. The lowest BCUT2D eigenvalue weighted by molar-refractivity contribution is 0.965. The van der Waals surface area contributed by atoms with E-state index < -0.39 is 0 Å². The molecule has 2 rings (SSSR count). The number of hydrogen-bond acceptors (Lipinski definition) is 2. The summed E-state index contributed by atoms with van der Waals surface area (Å²) >= 11 is 0. The molecule has 0 radical (unpaired) electrons. The molecular weight excluding hydrogens is 150 g/mol. The number of hydrogen-bond donors (Lipinski definition) is 1. The molecule has 3 heteroatoms. The van der Waals surface area contributed by atoms with Crippen molar-refractivity contribution in [2.45, 2.75) is 6.92 Å². The van der Waals surface area contributed by atoms with Gasteiger partial charge in [0.1, 0.15) is 0 Å². The van der Waals surface area contributed by atoms with Crippen LogP contribution in [0.5, 0.6) is 0 Å². The van der Waals surface area contributed by atoms with Gasteiger partial charge in [-0.15, -0.1) is 0 Å². The van der Waals surface area contributed by atoms with E-state index in [2.05, 4.69) is 11.1 Å². The molecule has 0 aliphatic carbocycles.